The number of ether oxygens (including phenoxy) is 1. The summed E-state index contributed by atoms with van der Waals surface area (Å²) in [5, 5.41) is 26.7. The lowest BCUT2D eigenvalue weighted by molar-refractivity contribution is -0.137. The van der Waals surface area contributed by atoms with Gasteiger partial charge in [-0.05, 0) is 5.92 Å². The van der Waals surface area contributed by atoms with Crippen LogP contribution in [0.2, 0.25) is 0 Å². The molecule has 0 bridgehead atoms. The van der Waals surface area contributed by atoms with Gasteiger partial charge in [-0.15, -0.1) is 0 Å². The lowest BCUT2D eigenvalue weighted by Gasteiger charge is -2.30. The summed E-state index contributed by atoms with van der Waals surface area (Å²) in [5.41, 5.74) is 4.29. The number of rotatable bonds is 38. The van der Waals surface area contributed by atoms with Crippen LogP contribution in [0.25, 0.3) is 11.2 Å². The van der Waals surface area contributed by atoms with Gasteiger partial charge in [-0.25, -0.2) is 28.6 Å². The first kappa shape index (κ1) is 62.9. The molecule has 1 fully saturated rings. The van der Waals surface area contributed by atoms with Crippen molar-refractivity contribution in [1.82, 2.24) is 30.2 Å². The predicted molar refractivity (Wildman–Crippen MR) is 265 cm³/mol. The van der Waals surface area contributed by atoms with Crippen LogP contribution in [0.4, 0.5) is 5.82 Å². The second kappa shape index (κ2) is 31.4. The third kappa shape index (κ3) is 24.2. The molecule has 1 aliphatic heterocycles. The quantitative estimate of drug-likeness (QED) is 0.0261. The molecule has 2 amide bonds. The highest BCUT2D eigenvalue weighted by Gasteiger charge is 2.50. The third-order valence-corrected chi connectivity index (χ3v) is 15.8. The van der Waals surface area contributed by atoms with Gasteiger partial charge in [-0.1, -0.05) is 149 Å². The molecular formula is C43H78N7O17P3S. The maximum atomic E-state index is 12.8. The topological polar surface area (TPSA) is 364 Å². The van der Waals surface area contributed by atoms with E-state index in [0.717, 1.165) is 41.8 Å². The van der Waals surface area contributed by atoms with Gasteiger partial charge in [-0.2, -0.15) is 4.31 Å². The number of hydrogen-bond acceptors (Lipinski definition) is 18. The van der Waals surface area contributed by atoms with Crippen molar-refractivity contribution in [3.05, 3.63) is 12.7 Å². The normalized spacial score (nSPS) is 20.1. The number of hydrogen-bond donors (Lipinski definition) is 9. The zero-order valence-electron chi connectivity index (χ0n) is 41.4. The average Bonchev–Trinajstić information content (AvgIpc) is 3.85. The molecule has 3 rings (SSSR count). The molecule has 10 N–H and O–H groups in total. The van der Waals surface area contributed by atoms with Gasteiger partial charge in [0.1, 0.15) is 36.3 Å². The number of nitrogens with two attached hydrogens (primary N) is 1. The van der Waals surface area contributed by atoms with Crippen LogP contribution in [0.15, 0.2) is 12.7 Å². The average molecular weight is 1090 g/mol. The van der Waals surface area contributed by atoms with Crippen molar-refractivity contribution in [3.63, 3.8) is 0 Å². The number of aromatic nitrogens is 4. The Morgan fingerprint density at radius 3 is 2.03 bits per heavy atom. The molecule has 28 heteroatoms. The van der Waals surface area contributed by atoms with Crippen LogP contribution in [0.1, 0.15) is 156 Å². The van der Waals surface area contributed by atoms with E-state index in [1.54, 1.807) is 0 Å². The molecule has 2 aromatic rings. The fraction of sp³-hybridized carbons (Fsp3) is 0.814. The van der Waals surface area contributed by atoms with E-state index in [2.05, 4.69) is 48.3 Å². The smallest absolute Gasteiger partial charge is 0.386 e. The molecule has 3 heterocycles. The lowest BCUT2D eigenvalue weighted by Crippen LogP contribution is -2.46. The number of nitrogen functional groups attached to an aromatic ring is 1. The van der Waals surface area contributed by atoms with E-state index in [9.17, 15) is 57.9 Å². The first-order chi connectivity index (χ1) is 33.4. The minimum absolute atomic E-state index is 0.0341. The molecule has 0 saturated carbocycles. The standard InChI is InChI=1S/C43H78N7O17P3S/c1-5-6-7-8-9-10-11-12-13-14-15-16-17-18-19-20-21-31(2)26-34(52)71-25-24-45-33(51)22-23-46-41(55)38(54)43(3,4)28-64-70(61,62)67-69(59,60)63-27-32-37(66-68(56,57)58)36(53)42(65-32)50-30-49-35-39(44)47-29-48-40(35)50/h29-32,36-38,42,53-54H,5-28H2,1-4H3,(H,45,51)(H,46,55)(H,59,60)(H,61,62)(H2,44,47,48)(H2,56,57,58). The van der Waals surface area contributed by atoms with E-state index in [4.69, 9.17) is 19.5 Å². The number of carbonyl (C=O) groups excluding carboxylic acids is 3. The monoisotopic (exact) mass is 1090 g/mol. The number of anilines is 1. The first-order valence-electron chi connectivity index (χ1n) is 24.5. The van der Waals surface area contributed by atoms with Gasteiger partial charge in [0.15, 0.2) is 22.8 Å². The Bertz CT molecular complexity index is 2080. The van der Waals surface area contributed by atoms with Crippen LogP contribution in [0, 0.1) is 11.3 Å². The summed E-state index contributed by atoms with van der Waals surface area (Å²) in [6, 6.07) is 0. The molecule has 71 heavy (non-hydrogen) atoms. The van der Waals surface area contributed by atoms with Gasteiger partial charge in [0.25, 0.3) is 0 Å². The van der Waals surface area contributed by atoms with Gasteiger partial charge in [0.2, 0.25) is 11.8 Å². The second-order valence-corrected chi connectivity index (χ2v) is 24.1. The highest BCUT2D eigenvalue weighted by Crippen LogP contribution is 2.61. The van der Waals surface area contributed by atoms with Crippen molar-refractivity contribution < 1.29 is 80.5 Å². The minimum atomic E-state index is -5.58. The summed E-state index contributed by atoms with van der Waals surface area (Å²) in [6.45, 7) is 4.92. The largest absolute Gasteiger partial charge is 0.481 e. The van der Waals surface area contributed by atoms with Gasteiger partial charge in [0, 0.05) is 37.1 Å². The number of phosphoric ester groups is 3. The van der Waals surface area contributed by atoms with E-state index in [0.29, 0.717) is 12.2 Å². The van der Waals surface area contributed by atoms with Crippen LogP contribution in [0.3, 0.4) is 0 Å². The lowest BCUT2D eigenvalue weighted by atomic mass is 9.87. The van der Waals surface area contributed by atoms with Gasteiger partial charge < -0.3 is 50.9 Å². The number of nitrogens with zero attached hydrogens (tertiary/aromatic N) is 4. The van der Waals surface area contributed by atoms with Crippen LogP contribution in [-0.4, -0.2) is 123 Å². The van der Waals surface area contributed by atoms with Crippen molar-refractivity contribution in [2.75, 3.05) is 37.8 Å². The summed E-state index contributed by atoms with van der Waals surface area (Å²) >= 11 is 1.16. The highest BCUT2D eigenvalue weighted by atomic mass is 32.2. The van der Waals surface area contributed by atoms with E-state index >= 15 is 0 Å². The minimum Gasteiger partial charge on any atom is -0.386 e. The number of carbonyl (C=O) groups is 3. The van der Waals surface area contributed by atoms with Crippen LogP contribution in [0.5, 0.6) is 0 Å². The Hall–Kier alpha value is -2.44. The molecule has 1 saturated heterocycles. The summed E-state index contributed by atoms with van der Waals surface area (Å²) < 4.78 is 62.5. The number of nitrogens with one attached hydrogen (secondary N) is 2. The molecule has 0 radical (unpaired) electrons. The molecule has 0 spiro atoms. The molecule has 8 unspecified atom stereocenters. The molecule has 24 nitrogen and oxygen atoms in total. The number of aliphatic hydroxyl groups is 2. The summed E-state index contributed by atoms with van der Waals surface area (Å²) in [6.07, 6.45) is 15.7. The molecule has 0 aromatic carbocycles. The molecule has 1 aliphatic rings. The van der Waals surface area contributed by atoms with Crippen molar-refractivity contribution in [2.45, 2.75) is 180 Å². The Kier molecular flexibility index (Phi) is 27.8. The summed E-state index contributed by atoms with van der Waals surface area (Å²) in [4.78, 5) is 88.8. The maximum absolute atomic E-state index is 12.8. The zero-order chi connectivity index (χ0) is 52.7. The van der Waals surface area contributed by atoms with Crippen molar-refractivity contribution >= 4 is 69.1 Å². The third-order valence-electron chi connectivity index (χ3n) is 11.8. The van der Waals surface area contributed by atoms with Crippen LogP contribution < -0.4 is 16.4 Å². The first-order valence-corrected chi connectivity index (χ1v) is 30.0. The SMILES string of the molecule is CCCCCCCCCCCCCCCCCCC(C)CC(=O)SCCNC(=O)CCNC(=O)C(O)C(C)(C)COP(=O)(O)OP(=O)(O)OCC1OC(n2cnc3c(N)ncnc32)C(O)C1OP(=O)(O)O. The fourth-order valence-electron chi connectivity index (χ4n) is 7.78. The predicted octanol–water partition coefficient (Wildman–Crippen LogP) is 6.34. The Morgan fingerprint density at radius 1 is 0.859 bits per heavy atom. The number of thioether (sulfide) groups is 1. The Morgan fingerprint density at radius 2 is 1.44 bits per heavy atom. The van der Waals surface area contributed by atoms with E-state index in [1.165, 1.54) is 110 Å². The number of fused-ring (bicyclic) bond motifs is 1. The van der Waals surface area contributed by atoms with E-state index in [1.807, 2.05) is 0 Å². The Balaban J connectivity index is 1.27. The van der Waals surface area contributed by atoms with Crippen molar-refractivity contribution in [2.24, 2.45) is 11.3 Å². The van der Waals surface area contributed by atoms with Crippen LogP contribution in [-0.2, 0) is 50.7 Å². The zero-order valence-corrected chi connectivity index (χ0v) is 44.9. The summed E-state index contributed by atoms with van der Waals surface area (Å²) in [7, 11) is -16.4. The highest BCUT2D eigenvalue weighted by molar-refractivity contribution is 8.13. The molecular weight excluding hydrogens is 1010 g/mol. The second-order valence-electron chi connectivity index (χ2n) is 18.7. The van der Waals surface area contributed by atoms with Gasteiger partial charge in [-0.3, -0.25) is 32.5 Å². The molecule has 408 valence electrons. The fourth-order valence-corrected chi connectivity index (χ4v) is 11.4. The Labute approximate surface area is 420 Å². The number of phosphoric acid groups is 3. The molecule has 8 atom stereocenters. The van der Waals surface area contributed by atoms with Crippen LogP contribution >= 0.6 is 35.2 Å². The van der Waals surface area contributed by atoms with Crippen molar-refractivity contribution in [3.8, 4) is 0 Å². The van der Waals surface area contributed by atoms with Crippen molar-refractivity contribution in [1.29, 1.82) is 0 Å². The number of imidazole rings is 1. The van der Waals surface area contributed by atoms with Gasteiger partial charge in [0.05, 0.1) is 19.5 Å². The summed E-state index contributed by atoms with van der Waals surface area (Å²) in [5.74, 6) is -0.737. The number of unbranched alkanes of at least 4 members (excludes halogenated alkanes) is 15. The maximum Gasteiger partial charge on any atom is 0.481 e. The number of aliphatic hydroxyl groups excluding tert-OH is 2. The molecule has 2 aromatic heterocycles. The van der Waals surface area contributed by atoms with E-state index < -0.39 is 84.6 Å². The van der Waals surface area contributed by atoms with Gasteiger partial charge >= 0.3 is 23.5 Å². The molecule has 0 aliphatic carbocycles. The number of amides is 2. The van der Waals surface area contributed by atoms with E-state index in [-0.39, 0.29) is 47.5 Å².